The first-order valence-corrected chi connectivity index (χ1v) is 14.1. The topological polar surface area (TPSA) is 79.8 Å². The van der Waals surface area contributed by atoms with Gasteiger partial charge in [-0.25, -0.2) is 32.8 Å². The summed E-state index contributed by atoms with van der Waals surface area (Å²) in [6.07, 6.45) is 1.10. The molecule has 0 N–H and O–H groups in total. The second kappa shape index (κ2) is 11.9. The van der Waals surface area contributed by atoms with Gasteiger partial charge in [0.1, 0.15) is 33.8 Å². The van der Waals surface area contributed by atoms with Gasteiger partial charge in [0.25, 0.3) is 5.88 Å². The number of carbonyl (C=O) groups is 1. The number of hydrogen-bond donors (Lipinski definition) is 0. The summed E-state index contributed by atoms with van der Waals surface area (Å²) in [4.78, 5) is 25.2. The molecule has 0 spiro atoms. The lowest BCUT2D eigenvalue weighted by Gasteiger charge is -2.27. The van der Waals surface area contributed by atoms with Crippen LogP contribution >= 0.6 is 11.3 Å². The van der Waals surface area contributed by atoms with Gasteiger partial charge in [0.05, 0.1) is 37.5 Å². The number of ether oxygens (including phenoxy) is 3. The van der Waals surface area contributed by atoms with Crippen LogP contribution in [0, 0.1) is 24.0 Å². The lowest BCUT2D eigenvalue weighted by molar-refractivity contribution is -0.0589. The van der Waals surface area contributed by atoms with Crippen LogP contribution < -0.4 is 4.74 Å². The van der Waals surface area contributed by atoms with Crippen LogP contribution in [-0.4, -0.2) is 40.3 Å². The minimum Gasteiger partial charge on any atom is -0.471 e. The number of benzene rings is 2. The standard InChI is InChI=1S/C31H23F3N4O4S/c1-35-20-6-5-19(24(34)13-20)16-42-29-22(32)7-8-25(36-29)18-4-3-17(23(33)11-18)12-28-37-30-26(14-27(43-30)31(39)40-2)38(28)15-21-9-10-41-21/h3-8,11,13-14,21H,9-10,12,15-16H2,2H3/t21-/m0/s1. The number of thiophene rings is 1. The quantitative estimate of drug-likeness (QED) is 0.135. The molecular weight excluding hydrogens is 581 g/mol. The van der Waals surface area contributed by atoms with Crippen molar-refractivity contribution in [1.82, 2.24) is 14.5 Å². The van der Waals surface area contributed by atoms with Crippen molar-refractivity contribution in [2.45, 2.75) is 32.1 Å². The Kier molecular flexibility index (Phi) is 7.84. The number of rotatable bonds is 9. The van der Waals surface area contributed by atoms with E-state index in [0.29, 0.717) is 39.8 Å². The first-order chi connectivity index (χ1) is 20.8. The van der Waals surface area contributed by atoms with Crippen LogP contribution in [0.1, 0.15) is 33.0 Å². The molecule has 3 aromatic heterocycles. The molecule has 6 rings (SSSR count). The highest BCUT2D eigenvalue weighted by Gasteiger charge is 2.24. The van der Waals surface area contributed by atoms with Crippen LogP contribution in [0.3, 0.4) is 0 Å². The average Bonchev–Trinajstić information content (AvgIpc) is 3.53. The summed E-state index contributed by atoms with van der Waals surface area (Å²) < 4.78 is 62.0. The molecule has 1 fully saturated rings. The minimum absolute atomic E-state index is 0.0143. The van der Waals surface area contributed by atoms with Crippen molar-refractivity contribution in [3.05, 3.63) is 105 Å². The molecule has 0 saturated carbocycles. The lowest BCUT2D eigenvalue weighted by Crippen LogP contribution is -2.31. The van der Waals surface area contributed by atoms with E-state index < -0.39 is 23.4 Å². The number of nitrogens with zero attached hydrogens (tertiary/aromatic N) is 4. The van der Waals surface area contributed by atoms with E-state index >= 15 is 4.39 Å². The van der Waals surface area contributed by atoms with Gasteiger partial charge in [0, 0.05) is 24.2 Å². The molecule has 12 heteroatoms. The third-order valence-corrected chi connectivity index (χ3v) is 8.13. The summed E-state index contributed by atoms with van der Waals surface area (Å²) in [6, 6.07) is 12.8. The normalized spacial score (nSPS) is 14.3. The molecule has 218 valence electrons. The summed E-state index contributed by atoms with van der Waals surface area (Å²) in [7, 11) is 1.32. The molecule has 0 bridgehead atoms. The second-order valence-corrected chi connectivity index (χ2v) is 10.9. The van der Waals surface area contributed by atoms with Gasteiger partial charge >= 0.3 is 5.97 Å². The van der Waals surface area contributed by atoms with E-state index in [1.807, 2.05) is 4.57 Å². The van der Waals surface area contributed by atoms with Crippen LogP contribution in [0.25, 0.3) is 26.4 Å². The zero-order valence-corrected chi connectivity index (χ0v) is 23.6. The molecule has 5 aromatic rings. The van der Waals surface area contributed by atoms with Gasteiger partial charge in [0.15, 0.2) is 11.5 Å². The molecule has 1 aliphatic heterocycles. The SMILES string of the molecule is [C-]#[N+]c1ccc(COc2nc(-c3ccc(Cc4nc5sc(C(=O)OC)cc5n4C[C@@H]4CCO4)c(F)c3)ccc2F)c(F)c1. The molecule has 1 atom stereocenters. The Hall–Kier alpha value is -4.73. The number of pyridine rings is 1. The van der Waals surface area contributed by atoms with Crippen LogP contribution in [0.15, 0.2) is 54.6 Å². The van der Waals surface area contributed by atoms with E-state index in [0.717, 1.165) is 24.1 Å². The van der Waals surface area contributed by atoms with Crippen molar-refractivity contribution in [1.29, 1.82) is 0 Å². The van der Waals surface area contributed by atoms with E-state index in [2.05, 4.69) is 9.83 Å². The van der Waals surface area contributed by atoms with Gasteiger partial charge in [-0.05, 0) is 42.3 Å². The van der Waals surface area contributed by atoms with E-state index in [9.17, 15) is 13.6 Å². The molecule has 0 amide bonds. The summed E-state index contributed by atoms with van der Waals surface area (Å²) in [5.41, 5.74) is 2.10. The van der Waals surface area contributed by atoms with Crippen LogP contribution in [0.2, 0.25) is 0 Å². The Morgan fingerprint density at radius 1 is 1.07 bits per heavy atom. The maximum atomic E-state index is 15.4. The third-order valence-electron chi connectivity index (χ3n) is 7.13. The number of methoxy groups -OCH3 is 1. The molecule has 4 heterocycles. The lowest BCUT2D eigenvalue weighted by atomic mass is 10.0. The molecule has 0 unspecified atom stereocenters. The van der Waals surface area contributed by atoms with Crippen molar-refractivity contribution in [2.24, 2.45) is 0 Å². The molecule has 43 heavy (non-hydrogen) atoms. The number of carbonyl (C=O) groups excluding carboxylic acids is 1. The van der Waals surface area contributed by atoms with Crippen molar-refractivity contribution >= 4 is 33.3 Å². The second-order valence-electron chi connectivity index (χ2n) is 9.86. The highest BCUT2D eigenvalue weighted by molar-refractivity contribution is 7.20. The average molecular weight is 605 g/mol. The molecule has 8 nitrogen and oxygen atoms in total. The van der Waals surface area contributed by atoms with E-state index in [4.69, 9.17) is 25.8 Å². The smallest absolute Gasteiger partial charge is 0.348 e. The largest absolute Gasteiger partial charge is 0.471 e. The third kappa shape index (κ3) is 5.82. The number of imidazole rings is 1. The summed E-state index contributed by atoms with van der Waals surface area (Å²) in [6.45, 7) is 7.87. The number of hydrogen-bond acceptors (Lipinski definition) is 7. The summed E-state index contributed by atoms with van der Waals surface area (Å²) in [5, 5.41) is 0. The summed E-state index contributed by atoms with van der Waals surface area (Å²) in [5.74, 6) is -2.07. The maximum Gasteiger partial charge on any atom is 0.348 e. The molecule has 0 radical (unpaired) electrons. The minimum atomic E-state index is -0.753. The molecule has 1 aliphatic rings. The van der Waals surface area contributed by atoms with E-state index in [1.54, 1.807) is 18.2 Å². The van der Waals surface area contributed by atoms with Crippen molar-refractivity contribution < 1.29 is 32.2 Å². The van der Waals surface area contributed by atoms with Gasteiger partial charge in [-0.3, -0.25) is 0 Å². The zero-order chi connectivity index (χ0) is 30.1. The molecular formula is C31H23F3N4O4S. The fourth-order valence-corrected chi connectivity index (χ4v) is 5.68. The summed E-state index contributed by atoms with van der Waals surface area (Å²) >= 11 is 1.22. The predicted octanol–water partition coefficient (Wildman–Crippen LogP) is 6.87. The van der Waals surface area contributed by atoms with Gasteiger partial charge in [-0.1, -0.05) is 24.3 Å². The van der Waals surface area contributed by atoms with Crippen molar-refractivity contribution in [3.63, 3.8) is 0 Å². The Bertz CT molecular complexity index is 1890. The monoisotopic (exact) mass is 604 g/mol. The fraction of sp³-hybridized carbons (Fsp3) is 0.226. The Labute approximate surface area is 248 Å². The zero-order valence-electron chi connectivity index (χ0n) is 22.8. The fourth-order valence-electron chi connectivity index (χ4n) is 4.71. The van der Waals surface area contributed by atoms with Crippen molar-refractivity contribution in [3.8, 4) is 17.1 Å². The number of halogens is 3. The van der Waals surface area contributed by atoms with E-state index in [1.165, 1.54) is 42.7 Å². The highest BCUT2D eigenvalue weighted by atomic mass is 32.1. The molecule has 0 aliphatic carbocycles. The molecule has 1 saturated heterocycles. The van der Waals surface area contributed by atoms with Gasteiger partial charge in [-0.15, -0.1) is 11.3 Å². The van der Waals surface area contributed by atoms with E-state index in [-0.39, 0.29) is 42.0 Å². The van der Waals surface area contributed by atoms with Gasteiger partial charge < -0.3 is 18.8 Å². The number of esters is 1. The Balaban J connectivity index is 1.23. The van der Waals surface area contributed by atoms with Gasteiger partial charge in [0.2, 0.25) is 0 Å². The van der Waals surface area contributed by atoms with Crippen LogP contribution in [-0.2, 0) is 29.0 Å². The van der Waals surface area contributed by atoms with Gasteiger partial charge in [-0.2, -0.15) is 0 Å². The van der Waals surface area contributed by atoms with Crippen molar-refractivity contribution in [2.75, 3.05) is 13.7 Å². The predicted molar refractivity (Wildman–Crippen MR) is 153 cm³/mol. The highest BCUT2D eigenvalue weighted by Crippen LogP contribution is 2.31. The number of fused-ring (bicyclic) bond motifs is 1. The Morgan fingerprint density at radius 3 is 2.56 bits per heavy atom. The first kappa shape index (κ1) is 28.4. The van der Waals surface area contributed by atoms with Crippen LogP contribution in [0.5, 0.6) is 5.88 Å². The molecule has 2 aromatic carbocycles. The van der Waals surface area contributed by atoms with Crippen LogP contribution in [0.4, 0.5) is 18.9 Å². The number of aromatic nitrogens is 3. The Morgan fingerprint density at radius 2 is 1.86 bits per heavy atom. The maximum absolute atomic E-state index is 15.4. The first-order valence-electron chi connectivity index (χ1n) is 13.3.